The van der Waals surface area contributed by atoms with Gasteiger partial charge in [0.2, 0.25) is 11.8 Å². The molecule has 2 atom stereocenters. The van der Waals surface area contributed by atoms with Crippen molar-refractivity contribution in [2.75, 3.05) is 33.1 Å². The number of carbonyl (C=O) groups is 3. The molecule has 3 rings (SSSR count). The summed E-state index contributed by atoms with van der Waals surface area (Å²) in [7, 11) is 2.73. The molecule has 8 nitrogen and oxygen atoms in total. The van der Waals surface area contributed by atoms with Crippen molar-refractivity contribution in [1.29, 1.82) is 5.26 Å². The molecule has 1 saturated heterocycles. The van der Waals surface area contributed by atoms with Gasteiger partial charge in [-0.2, -0.15) is 5.26 Å². The van der Waals surface area contributed by atoms with E-state index in [1.54, 1.807) is 23.1 Å². The summed E-state index contributed by atoms with van der Waals surface area (Å²) in [5, 5.41) is 12.9. The Bertz CT molecular complexity index is 968. The molecule has 0 unspecified atom stereocenters. The maximum atomic E-state index is 12.9. The molecular weight excluding hydrogens is 486 g/mol. The summed E-state index contributed by atoms with van der Waals surface area (Å²) >= 11 is 4.52. The van der Waals surface area contributed by atoms with Crippen molar-refractivity contribution in [3.05, 3.63) is 38.8 Å². The van der Waals surface area contributed by atoms with Gasteiger partial charge in [-0.3, -0.25) is 14.4 Å². The lowest BCUT2D eigenvalue weighted by molar-refractivity contribution is -0.150. The Hall–Kier alpha value is -2.51. The molecule has 0 saturated carbocycles. The first-order valence-electron chi connectivity index (χ1n) is 9.68. The molecule has 164 valence electrons. The van der Waals surface area contributed by atoms with E-state index < -0.39 is 23.7 Å². The molecule has 2 heterocycles. The SMILES string of the molecule is COC(=O)[C@H]1C(=O)NC(SCC(=O)N2CCCC2)=C(C#N)[C@@H]1c1ccc(OC)c(Br)c1. The van der Waals surface area contributed by atoms with Crippen LogP contribution in [0.2, 0.25) is 0 Å². The summed E-state index contributed by atoms with van der Waals surface area (Å²) in [6, 6.07) is 7.25. The van der Waals surface area contributed by atoms with Crippen LogP contribution in [0.3, 0.4) is 0 Å². The predicted molar refractivity (Wildman–Crippen MR) is 118 cm³/mol. The smallest absolute Gasteiger partial charge is 0.319 e. The summed E-state index contributed by atoms with van der Waals surface area (Å²) in [5.74, 6) is -2.75. The Kier molecular flexibility index (Phi) is 7.62. The van der Waals surface area contributed by atoms with Gasteiger partial charge < -0.3 is 19.7 Å². The molecule has 10 heteroatoms. The number of hydrogen-bond acceptors (Lipinski definition) is 7. The standard InChI is InChI=1S/C21H22BrN3O5S/c1-29-15-6-5-12(9-14(15)22)17-13(10-23)20(24-19(27)18(17)21(28)30-2)31-11-16(26)25-7-3-4-8-25/h5-6,9,17-18H,3-4,7-8,11H2,1-2H3,(H,24,27)/t17-,18+/m0/s1. The molecule has 31 heavy (non-hydrogen) atoms. The largest absolute Gasteiger partial charge is 0.496 e. The van der Waals surface area contributed by atoms with Crippen molar-refractivity contribution in [3.8, 4) is 11.8 Å². The molecule has 0 aromatic heterocycles. The summed E-state index contributed by atoms with van der Waals surface area (Å²) in [4.78, 5) is 39.5. The number of carbonyl (C=O) groups excluding carboxylic acids is 3. The topological polar surface area (TPSA) is 109 Å². The normalized spacial score (nSPS) is 20.8. The minimum absolute atomic E-state index is 0.0413. The zero-order valence-electron chi connectivity index (χ0n) is 17.1. The average molecular weight is 508 g/mol. The fourth-order valence-electron chi connectivity index (χ4n) is 3.75. The number of halogens is 1. The van der Waals surface area contributed by atoms with Crippen molar-refractivity contribution >= 4 is 45.5 Å². The van der Waals surface area contributed by atoms with Crippen LogP contribution in [0.1, 0.15) is 24.3 Å². The van der Waals surface area contributed by atoms with Gasteiger partial charge in [-0.25, -0.2) is 0 Å². The van der Waals surface area contributed by atoms with E-state index in [2.05, 4.69) is 27.3 Å². The third kappa shape index (κ3) is 4.88. The van der Waals surface area contributed by atoms with Gasteiger partial charge in [-0.15, -0.1) is 0 Å². The van der Waals surface area contributed by atoms with Crippen LogP contribution >= 0.6 is 27.7 Å². The number of nitriles is 1. The van der Waals surface area contributed by atoms with E-state index in [0.717, 1.165) is 37.7 Å². The number of rotatable bonds is 6. The lowest BCUT2D eigenvalue weighted by Crippen LogP contribution is -2.44. The minimum atomic E-state index is -1.22. The molecule has 2 aliphatic rings. The minimum Gasteiger partial charge on any atom is -0.496 e. The molecule has 1 aromatic rings. The highest BCUT2D eigenvalue weighted by molar-refractivity contribution is 9.10. The van der Waals surface area contributed by atoms with Gasteiger partial charge in [-0.1, -0.05) is 17.8 Å². The molecule has 0 bridgehead atoms. The molecule has 0 aliphatic carbocycles. The van der Waals surface area contributed by atoms with Crippen LogP contribution in [0.15, 0.2) is 33.3 Å². The monoisotopic (exact) mass is 507 g/mol. The Morgan fingerprint density at radius 3 is 2.61 bits per heavy atom. The third-order valence-electron chi connectivity index (χ3n) is 5.32. The van der Waals surface area contributed by atoms with Gasteiger partial charge in [0.05, 0.1) is 41.1 Å². The molecule has 2 aliphatic heterocycles. The number of thioether (sulfide) groups is 1. The highest BCUT2D eigenvalue weighted by Gasteiger charge is 2.44. The van der Waals surface area contributed by atoms with Crippen molar-refractivity contribution in [2.45, 2.75) is 18.8 Å². The van der Waals surface area contributed by atoms with Crippen molar-refractivity contribution < 1.29 is 23.9 Å². The van der Waals surface area contributed by atoms with E-state index >= 15 is 0 Å². The van der Waals surface area contributed by atoms with Crippen LogP contribution in [-0.4, -0.2) is 55.7 Å². The van der Waals surface area contributed by atoms with E-state index in [1.807, 2.05) is 0 Å². The van der Waals surface area contributed by atoms with E-state index in [-0.39, 0.29) is 22.3 Å². The number of ether oxygens (including phenoxy) is 2. The van der Waals surface area contributed by atoms with Crippen molar-refractivity contribution in [2.24, 2.45) is 5.92 Å². The van der Waals surface area contributed by atoms with Crippen LogP contribution in [-0.2, 0) is 19.1 Å². The van der Waals surface area contributed by atoms with Gasteiger partial charge in [-0.05, 0) is 46.5 Å². The first-order valence-corrected chi connectivity index (χ1v) is 11.5. The molecule has 0 radical (unpaired) electrons. The number of benzene rings is 1. The Labute approximate surface area is 193 Å². The first kappa shape index (κ1) is 23.2. The number of nitrogens with zero attached hydrogens (tertiary/aromatic N) is 2. The Morgan fingerprint density at radius 1 is 1.32 bits per heavy atom. The number of methoxy groups -OCH3 is 2. The van der Waals surface area contributed by atoms with Gasteiger partial charge >= 0.3 is 5.97 Å². The summed E-state index contributed by atoms with van der Waals surface area (Å²) in [5.41, 5.74) is 0.796. The molecule has 0 spiro atoms. The second kappa shape index (κ2) is 10.2. The lowest BCUT2D eigenvalue weighted by atomic mass is 9.78. The predicted octanol–water partition coefficient (Wildman–Crippen LogP) is 2.55. The Balaban J connectivity index is 1.98. The summed E-state index contributed by atoms with van der Waals surface area (Å²) in [6.45, 7) is 1.45. The lowest BCUT2D eigenvalue weighted by Gasteiger charge is -2.31. The van der Waals surface area contributed by atoms with E-state index in [0.29, 0.717) is 15.8 Å². The van der Waals surface area contributed by atoms with Crippen molar-refractivity contribution in [3.63, 3.8) is 0 Å². The van der Waals surface area contributed by atoms with Crippen LogP contribution in [0.4, 0.5) is 0 Å². The van der Waals surface area contributed by atoms with E-state index in [1.165, 1.54) is 14.2 Å². The van der Waals surface area contributed by atoms with Crippen LogP contribution in [0.5, 0.6) is 5.75 Å². The number of nitrogens with one attached hydrogen (secondary N) is 1. The summed E-state index contributed by atoms with van der Waals surface area (Å²) in [6.07, 6.45) is 1.96. The van der Waals surface area contributed by atoms with Gasteiger partial charge in [0.1, 0.15) is 11.7 Å². The van der Waals surface area contributed by atoms with Crippen LogP contribution in [0, 0.1) is 17.2 Å². The fourth-order valence-corrected chi connectivity index (χ4v) is 5.26. The molecule has 1 fully saturated rings. The van der Waals surface area contributed by atoms with Gasteiger partial charge in [0, 0.05) is 19.0 Å². The molecule has 1 aromatic carbocycles. The van der Waals surface area contributed by atoms with Gasteiger partial charge in [0.15, 0.2) is 0 Å². The number of hydrogen-bond donors (Lipinski definition) is 1. The van der Waals surface area contributed by atoms with E-state index in [4.69, 9.17) is 9.47 Å². The number of allylic oxidation sites excluding steroid dienone is 1. The second-order valence-corrected chi connectivity index (χ2v) is 8.93. The second-order valence-electron chi connectivity index (χ2n) is 7.09. The summed E-state index contributed by atoms with van der Waals surface area (Å²) < 4.78 is 10.7. The Morgan fingerprint density at radius 2 is 2.03 bits per heavy atom. The maximum absolute atomic E-state index is 12.9. The number of esters is 1. The van der Waals surface area contributed by atoms with E-state index in [9.17, 15) is 19.6 Å². The third-order valence-corrected chi connectivity index (χ3v) is 6.94. The highest BCUT2D eigenvalue weighted by atomic mass is 79.9. The average Bonchev–Trinajstić information content (AvgIpc) is 3.31. The zero-order chi connectivity index (χ0) is 22.5. The van der Waals surface area contributed by atoms with Crippen LogP contribution < -0.4 is 10.1 Å². The van der Waals surface area contributed by atoms with Crippen LogP contribution in [0.25, 0.3) is 0 Å². The number of likely N-dealkylation sites (tertiary alicyclic amines) is 1. The van der Waals surface area contributed by atoms with Gasteiger partial charge in [0.25, 0.3) is 0 Å². The van der Waals surface area contributed by atoms with Crippen molar-refractivity contribution in [1.82, 2.24) is 10.2 Å². The molecule has 2 amide bonds. The molecular formula is C21H22BrN3O5S. The zero-order valence-corrected chi connectivity index (χ0v) is 19.5. The fraction of sp³-hybridized carbons (Fsp3) is 0.429. The molecule has 1 N–H and O–H groups in total. The highest BCUT2D eigenvalue weighted by Crippen LogP contribution is 2.42. The quantitative estimate of drug-likeness (QED) is 0.465. The first-order chi connectivity index (χ1) is 14.9. The maximum Gasteiger partial charge on any atom is 0.319 e. The number of amides is 2.